The first-order valence-corrected chi connectivity index (χ1v) is 9.56. The van der Waals surface area contributed by atoms with E-state index in [1.165, 1.54) is 6.07 Å². The van der Waals surface area contributed by atoms with E-state index in [-0.39, 0.29) is 23.9 Å². The molecule has 28 heavy (non-hydrogen) atoms. The van der Waals surface area contributed by atoms with E-state index in [9.17, 15) is 9.18 Å². The first-order valence-electron chi connectivity index (χ1n) is 9.56. The molecule has 1 aliphatic rings. The minimum Gasteiger partial charge on any atom is -0.383 e. The van der Waals surface area contributed by atoms with Gasteiger partial charge < -0.3 is 14.4 Å². The molecule has 0 unspecified atom stereocenters. The SMILES string of the molecule is COCCn1nc2c(c1C(=O)N(C)Cc1ccc(F)c(C)c1)C[C@H](C)O[C@@H]2C. The Hall–Kier alpha value is -2.25. The molecule has 1 aliphatic heterocycles. The number of amides is 1. The summed E-state index contributed by atoms with van der Waals surface area (Å²) < 4.78 is 26.3. The summed E-state index contributed by atoms with van der Waals surface area (Å²) >= 11 is 0. The van der Waals surface area contributed by atoms with Crippen LogP contribution in [-0.2, 0) is 29.0 Å². The zero-order valence-electron chi connectivity index (χ0n) is 17.2. The number of halogens is 1. The molecule has 0 spiro atoms. The Bertz CT molecular complexity index is 865. The van der Waals surface area contributed by atoms with E-state index in [2.05, 4.69) is 5.10 Å². The lowest BCUT2D eigenvalue weighted by molar-refractivity contribution is -0.00720. The number of carbonyl (C=O) groups excluding carboxylic acids is 1. The quantitative estimate of drug-likeness (QED) is 0.761. The summed E-state index contributed by atoms with van der Waals surface area (Å²) in [7, 11) is 3.38. The standard InChI is InChI=1S/C21H28FN3O3/c1-13-10-16(6-7-18(13)22)12-24(4)21(26)20-17-11-14(2)28-15(3)19(17)23-25(20)8-9-27-5/h6-7,10,14-15H,8-9,11-12H2,1-5H3/t14-,15+/m0/s1. The average molecular weight is 389 g/mol. The monoisotopic (exact) mass is 389 g/mol. The van der Waals surface area contributed by atoms with Crippen LogP contribution in [0.2, 0.25) is 0 Å². The predicted molar refractivity (Wildman–Crippen MR) is 104 cm³/mol. The fourth-order valence-corrected chi connectivity index (χ4v) is 3.70. The number of methoxy groups -OCH3 is 1. The fourth-order valence-electron chi connectivity index (χ4n) is 3.70. The van der Waals surface area contributed by atoms with Gasteiger partial charge in [0.05, 0.1) is 31.1 Å². The minimum atomic E-state index is -0.243. The van der Waals surface area contributed by atoms with Crippen LogP contribution in [0.1, 0.15) is 52.8 Å². The number of benzene rings is 1. The van der Waals surface area contributed by atoms with Crippen LogP contribution in [0.25, 0.3) is 0 Å². The lowest BCUT2D eigenvalue weighted by atomic mass is 9.99. The fraction of sp³-hybridized carbons (Fsp3) is 0.524. The molecule has 1 amide bonds. The first kappa shape index (κ1) is 20.5. The molecule has 0 aliphatic carbocycles. The van der Waals surface area contributed by atoms with Crippen LogP contribution in [-0.4, -0.2) is 47.5 Å². The molecule has 0 saturated carbocycles. The largest absolute Gasteiger partial charge is 0.383 e. The van der Waals surface area contributed by atoms with Gasteiger partial charge in [0.1, 0.15) is 11.5 Å². The highest BCUT2D eigenvalue weighted by Gasteiger charge is 2.33. The van der Waals surface area contributed by atoms with E-state index < -0.39 is 0 Å². The predicted octanol–water partition coefficient (Wildman–Crippen LogP) is 3.27. The highest BCUT2D eigenvalue weighted by molar-refractivity contribution is 5.94. The minimum absolute atomic E-state index is 0.0270. The maximum atomic E-state index is 13.5. The number of rotatable bonds is 6. The van der Waals surface area contributed by atoms with Gasteiger partial charge in [-0.25, -0.2) is 4.39 Å². The molecule has 2 atom stereocenters. The van der Waals surface area contributed by atoms with Crippen LogP contribution in [0.4, 0.5) is 4.39 Å². The molecule has 6 nitrogen and oxygen atoms in total. The third-order valence-electron chi connectivity index (χ3n) is 5.09. The molecular formula is C21H28FN3O3. The molecule has 1 aromatic carbocycles. The van der Waals surface area contributed by atoms with Crippen molar-refractivity contribution in [3.8, 4) is 0 Å². The van der Waals surface area contributed by atoms with Gasteiger partial charge in [-0.05, 0) is 38.0 Å². The Kier molecular flexibility index (Phi) is 6.15. The molecule has 0 saturated heterocycles. The second-order valence-corrected chi connectivity index (χ2v) is 7.47. The Morgan fingerprint density at radius 1 is 1.43 bits per heavy atom. The highest BCUT2D eigenvalue weighted by Crippen LogP contribution is 2.32. The van der Waals surface area contributed by atoms with Gasteiger partial charge in [0.25, 0.3) is 5.91 Å². The lowest BCUT2D eigenvalue weighted by Crippen LogP contribution is -2.31. The third-order valence-corrected chi connectivity index (χ3v) is 5.09. The van der Waals surface area contributed by atoms with E-state index in [4.69, 9.17) is 9.47 Å². The number of hydrogen-bond donors (Lipinski definition) is 0. The number of carbonyl (C=O) groups is 1. The maximum absolute atomic E-state index is 13.5. The molecule has 0 fully saturated rings. The normalized spacial score (nSPS) is 18.8. The van der Waals surface area contributed by atoms with Crippen molar-refractivity contribution in [3.63, 3.8) is 0 Å². The highest BCUT2D eigenvalue weighted by atomic mass is 19.1. The molecule has 2 heterocycles. The molecule has 7 heteroatoms. The number of hydrogen-bond acceptors (Lipinski definition) is 4. The van der Waals surface area contributed by atoms with Crippen molar-refractivity contribution in [1.82, 2.24) is 14.7 Å². The Morgan fingerprint density at radius 3 is 2.86 bits per heavy atom. The molecule has 3 rings (SSSR count). The van der Waals surface area contributed by atoms with E-state index >= 15 is 0 Å². The number of fused-ring (bicyclic) bond motifs is 1. The van der Waals surface area contributed by atoms with Gasteiger partial charge in [-0.2, -0.15) is 5.10 Å². The number of aryl methyl sites for hydroxylation is 1. The zero-order valence-corrected chi connectivity index (χ0v) is 17.2. The van der Waals surface area contributed by atoms with Crippen molar-refractivity contribution in [1.29, 1.82) is 0 Å². The Labute approximate surface area is 165 Å². The van der Waals surface area contributed by atoms with Crippen molar-refractivity contribution in [3.05, 3.63) is 52.1 Å². The van der Waals surface area contributed by atoms with Gasteiger partial charge in [0.2, 0.25) is 0 Å². The van der Waals surface area contributed by atoms with Crippen LogP contribution in [0.3, 0.4) is 0 Å². The third kappa shape index (κ3) is 4.10. The summed E-state index contributed by atoms with van der Waals surface area (Å²) in [6.07, 6.45) is 0.523. The van der Waals surface area contributed by atoms with Gasteiger partial charge in [-0.3, -0.25) is 9.48 Å². The van der Waals surface area contributed by atoms with Gasteiger partial charge in [-0.1, -0.05) is 12.1 Å². The van der Waals surface area contributed by atoms with Gasteiger partial charge in [0.15, 0.2) is 0 Å². The van der Waals surface area contributed by atoms with Gasteiger partial charge in [0, 0.05) is 32.7 Å². The summed E-state index contributed by atoms with van der Waals surface area (Å²) in [5.41, 5.74) is 3.82. The topological polar surface area (TPSA) is 56.6 Å². The summed E-state index contributed by atoms with van der Waals surface area (Å²) in [5.74, 6) is -0.347. The second kappa shape index (κ2) is 8.41. The van der Waals surface area contributed by atoms with E-state index in [0.29, 0.717) is 37.4 Å². The van der Waals surface area contributed by atoms with Crippen LogP contribution >= 0.6 is 0 Å². The van der Waals surface area contributed by atoms with Gasteiger partial charge in [-0.15, -0.1) is 0 Å². The van der Waals surface area contributed by atoms with Crippen molar-refractivity contribution >= 4 is 5.91 Å². The Morgan fingerprint density at radius 2 is 2.18 bits per heavy atom. The van der Waals surface area contributed by atoms with Crippen molar-refractivity contribution < 1.29 is 18.7 Å². The summed E-state index contributed by atoms with van der Waals surface area (Å²) in [4.78, 5) is 15.0. The van der Waals surface area contributed by atoms with Gasteiger partial charge >= 0.3 is 0 Å². The van der Waals surface area contributed by atoms with E-state index in [1.54, 1.807) is 42.8 Å². The summed E-state index contributed by atoms with van der Waals surface area (Å²) in [6.45, 7) is 7.04. The molecule has 2 aromatic rings. The molecule has 152 valence electrons. The molecule has 1 aromatic heterocycles. The maximum Gasteiger partial charge on any atom is 0.272 e. The van der Waals surface area contributed by atoms with Crippen LogP contribution in [0.5, 0.6) is 0 Å². The summed E-state index contributed by atoms with van der Waals surface area (Å²) in [5, 5.41) is 4.65. The molecule has 0 bridgehead atoms. The number of nitrogens with zero attached hydrogens (tertiary/aromatic N) is 3. The zero-order chi connectivity index (χ0) is 20.4. The Balaban J connectivity index is 1.91. The molecule has 0 radical (unpaired) electrons. The lowest BCUT2D eigenvalue weighted by Gasteiger charge is -2.25. The summed E-state index contributed by atoms with van der Waals surface area (Å²) in [6, 6.07) is 4.92. The van der Waals surface area contributed by atoms with Crippen molar-refractivity contribution in [2.45, 2.75) is 52.5 Å². The average Bonchev–Trinajstić information content (AvgIpc) is 3.00. The second-order valence-electron chi connectivity index (χ2n) is 7.47. The smallest absolute Gasteiger partial charge is 0.272 e. The van der Waals surface area contributed by atoms with Crippen molar-refractivity contribution in [2.75, 3.05) is 20.8 Å². The molecular weight excluding hydrogens is 361 g/mol. The van der Waals surface area contributed by atoms with E-state index in [1.807, 2.05) is 13.8 Å². The van der Waals surface area contributed by atoms with Crippen molar-refractivity contribution in [2.24, 2.45) is 0 Å². The van der Waals surface area contributed by atoms with E-state index in [0.717, 1.165) is 16.8 Å². The van der Waals surface area contributed by atoms with Crippen LogP contribution in [0, 0.1) is 12.7 Å². The molecule has 0 N–H and O–H groups in total. The number of aromatic nitrogens is 2. The van der Waals surface area contributed by atoms with Crippen LogP contribution in [0.15, 0.2) is 18.2 Å². The number of ether oxygens (including phenoxy) is 2. The van der Waals surface area contributed by atoms with Crippen LogP contribution < -0.4 is 0 Å². The first-order chi connectivity index (χ1) is 13.3.